The van der Waals surface area contributed by atoms with Crippen LogP contribution in [0, 0.1) is 18.8 Å². The van der Waals surface area contributed by atoms with Crippen molar-refractivity contribution in [2.75, 3.05) is 11.4 Å². The molecule has 2 nitrogen and oxygen atoms in total. The molecule has 0 saturated heterocycles. The van der Waals surface area contributed by atoms with Gasteiger partial charge in [0.25, 0.3) is 0 Å². The number of halogens is 2. The van der Waals surface area contributed by atoms with Crippen LogP contribution in [0.3, 0.4) is 0 Å². The van der Waals surface area contributed by atoms with E-state index in [0.717, 1.165) is 36.1 Å². The highest BCUT2D eigenvalue weighted by Gasteiger charge is 2.42. The smallest absolute Gasteiger partial charge is 0.186 e. The van der Waals surface area contributed by atoms with Gasteiger partial charge in [0.15, 0.2) is 5.13 Å². The Hall–Kier alpha value is -0.770. The first-order valence-corrected chi connectivity index (χ1v) is 11.8. The van der Waals surface area contributed by atoms with Crippen LogP contribution >= 0.6 is 34.5 Å². The minimum atomic E-state index is 0.666. The minimum Gasteiger partial charge on any atom is -0.345 e. The van der Waals surface area contributed by atoms with E-state index in [0.29, 0.717) is 16.1 Å². The van der Waals surface area contributed by atoms with Gasteiger partial charge in [-0.1, -0.05) is 43.0 Å². The maximum atomic E-state index is 6.48. The van der Waals surface area contributed by atoms with E-state index in [2.05, 4.69) is 18.7 Å². The van der Waals surface area contributed by atoms with Gasteiger partial charge in [-0.05, 0) is 69.1 Å². The summed E-state index contributed by atoms with van der Waals surface area (Å²) in [7, 11) is 0. The molecule has 27 heavy (non-hydrogen) atoms. The van der Waals surface area contributed by atoms with Crippen LogP contribution < -0.4 is 4.90 Å². The average Bonchev–Trinajstić information content (AvgIpc) is 3.17. The molecule has 0 bridgehead atoms. The molecule has 0 aliphatic heterocycles. The summed E-state index contributed by atoms with van der Waals surface area (Å²) >= 11 is 14.4. The molecule has 5 heteroatoms. The lowest BCUT2D eigenvalue weighted by atomic mass is 9.92. The number of thiazole rings is 1. The molecule has 146 valence electrons. The Balaban J connectivity index is 1.69. The van der Waals surface area contributed by atoms with Crippen LogP contribution in [0.15, 0.2) is 18.2 Å². The van der Waals surface area contributed by atoms with Gasteiger partial charge < -0.3 is 4.90 Å². The quantitative estimate of drug-likeness (QED) is 0.456. The van der Waals surface area contributed by atoms with Crippen molar-refractivity contribution in [3.63, 3.8) is 0 Å². The second-order valence-corrected chi connectivity index (χ2v) is 10.1. The van der Waals surface area contributed by atoms with Crippen LogP contribution in [0.4, 0.5) is 5.13 Å². The maximum absolute atomic E-state index is 6.48. The van der Waals surface area contributed by atoms with Gasteiger partial charge in [0.1, 0.15) is 0 Å². The van der Waals surface area contributed by atoms with Gasteiger partial charge in [0, 0.05) is 28.0 Å². The van der Waals surface area contributed by atoms with Crippen molar-refractivity contribution in [2.45, 2.75) is 64.8 Å². The summed E-state index contributed by atoms with van der Waals surface area (Å²) < 4.78 is 0. The molecule has 0 N–H and O–H groups in total. The van der Waals surface area contributed by atoms with Gasteiger partial charge in [-0.25, -0.2) is 4.98 Å². The minimum absolute atomic E-state index is 0.666. The molecular formula is C22H28Cl2N2S. The summed E-state index contributed by atoms with van der Waals surface area (Å²) in [5.74, 6) is 1.71. The Morgan fingerprint density at radius 2 is 1.85 bits per heavy atom. The van der Waals surface area contributed by atoms with E-state index in [4.69, 9.17) is 28.2 Å². The Kier molecular flexibility index (Phi) is 6.01. The number of hydrogen-bond acceptors (Lipinski definition) is 3. The molecule has 4 rings (SSSR count). The van der Waals surface area contributed by atoms with Gasteiger partial charge in [-0.3, -0.25) is 0 Å². The molecule has 0 radical (unpaired) electrons. The van der Waals surface area contributed by atoms with Crippen molar-refractivity contribution >= 4 is 39.7 Å². The summed E-state index contributed by atoms with van der Waals surface area (Å²) in [4.78, 5) is 8.99. The number of aryl methyl sites for hydroxylation is 1. The molecule has 1 aromatic carbocycles. The maximum Gasteiger partial charge on any atom is 0.186 e. The molecule has 1 aromatic heterocycles. The third kappa shape index (κ3) is 4.16. The van der Waals surface area contributed by atoms with E-state index in [1.54, 1.807) is 0 Å². The standard InChI is InChI=1S/C22H28Cl2N2S/c1-3-12-26(21(16-8-9-16)15-6-4-5-7-15)22-25-20(14(2)27-22)18-11-10-17(23)13-19(18)24/h10-11,13,15-16,21H,3-9,12H2,1-2H3. The Labute approximate surface area is 176 Å². The lowest BCUT2D eigenvalue weighted by Crippen LogP contribution is -2.42. The molecule has 0 spiro atoms. The first-order chi connectivity index (χ1) is 13.1. The molecule has 2 aliphatic carbocycles. The van der Waals surface area contributed by atoms with Crippen molar-refractivity contribution in [1.82, 2.24) is 4.98 Å². The average molecular weight is 423 g/mol. The van der Waals surface area contributed by atoms with Crippen LogP contribution in [-0.4, -0.2) is 17.6 Å². The van der Waals surface area contributed by atoms with Crippen LogP contribution in [-0.2, 0) is 0 Å². The number of rotatable bonds is 7. The van der Waals surface area contributed by atoms with E-state index in [1.807, 2.05) is 29.5 Å². The number of anilines is 1. The van der Waals surface area contributed by atoms with Crippen molar-refractivity contribution < 1.29 is 0 Å². The normalized spacial score (nSPS) is 18.8. The molecule has 2 aromatic rings. The van der Waals surface area contributed by atoms with Gasteiger partial charge >= 0.3 is 0 Å². The highest BCUT2D eigenvalue weighted by molar-refractivity contribution is 7.16. The number of benzene rings is 1. The molecule has 1 unspecified atom stereocenters. The Morgan fingerprint density at radius 3 is 2.48 bits per heavy atom. The van der Waals surface area contributed by atoms with E-state index in [-0.39, 0.29) is 0 Å². The van der Waals surface area contributed by atoms with E-state index < -0.39 is 0 Å². The van der Waals surface area contributed by atoms with Crippen molar-refractivity contribution in [1.29, 1.82) is 0 Å². The lowest BCUT2D eigenvalue weighted by molar-refractivity contribution is 0.367. The molecular weight excluding hydrogens is 395 g/mol. The van der Waals surface area contributed by atoms with Gasteiger partial charge in [-0.2, -0.15) is 0 Å². The molecule has 2 saturated carbocycles. The molecule has 1 atom stereocenters. The number of hydrogen-bond donors (Lipinski definition) is 0. The molecule has 1 heterocycles. The van der Waals surface area contributed by atoms with Crippen molar-refractivity contribution in [3.8, 4) is 11.3 Å². The van der Waals surface area contributed by atoms with Gasteiger partial charge in [-0.15, -0.1) is 11.3 Å². The number of nitrogens with zero attached hydrogens (tertiary/aromatic N) is 2. The van der Waals surface area contributed by atoms with Crippen molar-refractivity contribution in [3.05, 3.63) is 33.1 Å². The summed E-state index contributed by atoms with van der Waals surface area (Å²) in [5, 5.41) is 2.53. The Morgan fingerprint density at radius 1 is 1.15 bits per heavy atom. The van der Waals surface area contributed by atoms with Crippen LogP contribution in [0.25, 0.3) is 11.3 Å². The summed E-state index contributed by atoms with van der Waals surface area (Å²) in [5.41, 5.74) is 2.00. The second-order valence-electron chi connectivity index (χ2n) is 8.09. The molecule has 2 aliphatic rings. The Bertz CT molecular complexity index is 794. The topological polar surface area (TPSA) is 16.1 Å². The van der Waals surface area contributed by atoms with E-state index in [9.17, 15) is 0 Å². The van der Waals surface area contributed by atoms with E-state index >= 15 is 0 Å². The first-order valence-electron chi connectivity index (χ1n) is 10.3. The third-order valence-electron chi connectivity index (χ3n) is 6.03. The van der Waals surface area contributed by atoms with Crippen LogP contribution in [0.5, 0.6) is 0 Å². The highest BCUT2D eigenvalue weighted by atomic mass is 35.5. The van der Waals surface area contributed by atoms with Crippen LogP contribution in [0.1, 0.15) is 56.7 Å². The summed E-state index contributed by atoms with van der Waals surface area (Å²) in [6, 6.07) is 6.38. The largest absolute Gasteiger partial charge is 0.345 e. The van der Waals surface area contributed by atoms with Crippen molar-refractivity contribution in [2.24, 2.45) is 11.8 Å². The zero-order valence-electron chi connectivity index (χ0n) is 16.2. The lowest BCUT2D eigenvalue weighted by Gasteiger charge is -2.36. The monoisotopic (exact) mass is 422 g/mol. The fourth-order valence-electron chi connectivity index (χ4n) is 4.68. The predicted molar refractivity (Wildman–Crippen MR) is 118 cm³/mol. The summed E-state index contributed by atoms with van der Waals surface area (Å²) in [6.45, 7) is 5.54. The zero-order chi connectivity index (χ0) is 19.0. The predicted octanol–water partition coefficient (Wildman–Crippen LogP) is 7.61. The van der Waals surface area contributed by atoms with Gasteiger partial charge in [0.05, 0.1) is 10.7 Å². The van der Waals surface area contributed by atoms with Gasteiger partial charge in [0.2, 0.25) is 0 Å². The number of aromatic nitrogens is 1. The SMILES string of the molecule is CCCN(c1nc(-c2ccc(Cl)cc2Cl)c(C)s1)C(C1CCCC1)C1CC1. The van der Waals surface area contributed by atoms with Crippen LogP contribution in [0.2, 0.25) is 10.0 Å². The third-order valence-corrected chi connectivity index (χ3v) is 7.59. The molecule has 0 amide bonds. The molecule has 2 fully saturated rings. The fourth-order valence-corrected chi connectivity index (χ4v) is 6.17. The van der Waals surface area contributed by atoms with E-state index in [1.165, 1.54) is 48.5 Å². The zero-order valence-corrected chi connectivity index (χ0v) is 18.5. The highest BCUT2D eigenvalue weighted by Crippen LogP contribution is 2.46. The summed E-state index contributed by atoms with van der Waals surface area (Å²) in [6.07, 6.45) is 9.52. The second kappa shape index (κ2) is 8.31. The first kappa shape index (κ1) is 19.5. The fraction of sp³-hybridized carbons (Fsp3) is 0.591.